The quantitative estimate of drug-likeness (QED) is 0.650. The summed E-state index contributed by atoms with van der Waals surface area (Å²) in [5.74, 6) is 0.391. The first-order valence-electron chi connectivity index (χ1n) is 12.7. The first-order chi connectivity index (χ1) is 16.8. The van der Waals surface area contributed by atoms with Crippen LogP contribution in [0.2, 0.25) is 0 Å². The molecule has 1 amide bonds. The molecule has 1 spiro atoms. The summed E-state index contributed by atoms with van der Waals surface area (Å²) in [6, 6.07) is 13.3. The van der Waals surface area contributed by atoms with E-state index in [0.29, 0.717) is 25.0 Å². The number of piperidine rings is 1. The Kier molecular flexibility index (Phi) is 5.07. The number of hydrogen-bond acceptors (Lipinski definition) is 5. The number of phenols is 1. The molecular weight excluding hydrogens is 440 g/mol. The second-order valence-corrected chi connectivity index (χ2v) is 10.8. The molecule has 6 heteroatoms. The van der Waals surface area contributed by atoms with Crippen molar-refractivity contribution < 1.29 is 19.7 Å². The molecule has 2 unspecified atom stereocenters. The molecule has 1 saturated carbocycles. The van der Waals surface area contributed by atoms with Crippen molar-refractivity contribution in [1.82, 2.24) is 9.80 Å². The third-order valence-corrected chi connectivity index (χ3v) is 9.42. The molecule has 6 atom stereocenters. The molecule has 2 aromatic carbocycles. The van der Waals surface area contributed by atoms with E-state index in [4.69, 9.17) is 4.74 Å². The first-order valence-corrected chi connectivity index (χ1v) is 12.7. The highest BCUT2D eigenvalue weighted by molar-refractivity contribution is 5.83. The van der Waals surface area contributed by atoms with Gasteiger partial charge in [0.05, 0.1) is 23.0 Å². The van der Waals surface area contributed by atoms with Crippen molar-refractivity contribution in [2.24, 2.45) is 0 Å². The van der Waals surface area contributed by atoms with Crippen LogP contribution in [0.25, 0.3) is 0 Å². The summed E-state index contributed by atoms with van der Waals surface area (Å²) in [5.41, 5.74) is 1.46. The normalized spacial score (nSPS) is 33.4. The van der Waals surface area contributed by atoms with Gasteiger partial charge in [-0.15, -0.1) is 6.58 Å². The zero-order valence-corrected chi connectivity index (χ0v) is 20.5. The van der Waals surface area contributed by atoms with Gasteiger partial charge in [-0.25, -0.2) is 0 Å². The van der Waals surface area contributed by atoms with Crippen LogP contribution in [0.5, 0.6) is 11.5 Å². The predicted molar refractivity (Wildman–Crippen MR) is 134 cm³/mol. The number of likely N-dealkylation sites (tertiary alicyclic amines) is 1. The predicted octanol–water partition coefficient (Wildman–Crippen LogP) is 3.36. The summed E-state index contributed by atoms with van der Waals surface area (Å²) in [7, 11) is 1.87. The third kappa shape index (κ3) is 2.87. The maximum atomic E-state index is 13.7. The van der Waals surface area contributed by atoms with E-state index in [1.54, 1.807) is 6.07 Å². The summed E-state index contributed by atoms with van der Waals surface area (Å²) in [4.78, 5) is 17.9. The van der Waals surface area contributed by atoms with Crippen molar-refractivity contribution in [2.75, 3.05) is 20.1 Å². The fourth-order valence-electron chi connectivity index (χ4n) is 7.74. The SMILES string of the molecule is C=CCN1CC[C@]23c4c5ccc(O)c4OC2C(N(C)C(=O)[C@@H](C)c2ccccc2)CC[C@@]3(O)[C@H]1C5. The van der Waals surface area contributed by atoms with Gasteiger partial charge in [0.1, 0.15) is 6.10 Å². The fraction of sp³-hybridized carbons (Fsp3) is 0.483. The highest BCUT2D eigenvalue weighted by atomic mass is 16.5. The lowest BCUT2D eigenvalue weighted by Gasteiger charge is -2.64. The number of phenolic OH excluding ortho intramolecular Hbond substituents is 1. The second kappa shape index (κ2) is 7.84. The van der Waals surface area contributed by atoms with Gasteiger partial charge in [-0.3, -0.25) is 9.69 Å². The van der Waals surface area contributed by atoms with Crippen molar-refractivity contribution >= 4 is 5.91 Å². The lowest BCUT2D eigenvalue weighted by molar-refractivity contribution is -0.198. The number of hydrogen-bond donors (Lipinski definition) is 2. The van der Waals surface area contributed by atoms with Crippen LogP contribution in [-0.4, -0.2) is 69.8 Å². The standard InChI is InChI=1S/C29H34N2O4/c1-4-15-31-16-14-28-24-20-10-11-22(32)25(24)35-26(28)21(12-13-29(28,34)23(31)17-20)30(3)27(33)18(2)19-8-6-5-7-9-19/h4-11,18,21,23,26,32,34H,1,12-17H2,2-3H3/t18-,21?,23+,26?,28-,29+/m0/s1. The van der Waals surface area contributed by atoms with E-state index in [0.717, 1.165) is 36.2 Å². The van der Waals surface area contributed by atoms with Gasteiger partial charge in [-0.1, -0.05) is 42.5 Å². The minimum Gasteiger partial charge on any atom is -0.504 e. The van der Waals surface area contributed by atoms with Crippen LogP contribution in [0, 0.1) is 0 Å². The monoisotopic (exact) mass is 474 g/mol. The Labute approximate surface area is 206 Å². The van der Waals surface area contributed by atoms with Crippen LogP contribution >= 0.6 is 0 Å². The average molecular weight is 475 g/mol. The summed E-state index contributed by atoms with van der Waals surface area (Å²) >= 11 is 0. The van der Waals surface area contributed by atoms with Crippen LogP contribution in [0.4, 0.5) is 0 Å². The summed E-state index contributed by atoms with van der Waals surface area (Å²) < 4.78 is 6.60. The van der Waals surface area contributed by atoms with Crippen molar-refractivity contribution in [2.45, 2.75) is 67.7 Å². The van der Waals surface area contributed by atoms with E-state index in [-0.39, 0.29) is 29.7 Å². The van der Waals surface area contributed by atoms with E-state index < -0.39 is 17.1 Å². The number of benzene rings is 2. The molecule has 35 heavy (non-hydrogen) atoms. The topological polar surface area (TPSA) is 73.2 Å². The second-order valence-electron chi connectivity index (χ2n) is 10.8. The van der Waals surface area contributed by atoms with Crippen LogP contribution in [0.1, 0.15) is 48.8 Å². The molecule has 2 aliphatic carbocycles. The number of ether oxygens (including phenoxy) is 1. The minimum absolute atomic E-state index is 0.0449. The smallest absolute Gasteiger partial charge is 0.229 e. The fourth-order valence-corrected chi connectivity index (χ4v) is 7.74. The minimum atomic E-state index is -0.990. The van der Waals surface area contributed by atoms with Crippen LogP contribution < -0.4 is 4.74 Å². The van der Waals surface area contributed by atoms with E-state index >= 15 is 0 Å². The molecule has 0 radical (unpaired) electrons. The summed E-state index contributed by atoms with van der Waals surface area (Å²) in [6.45, 7) is 7.43. The molecule has 2 aromatic rings. The number of aromatic hydroxyl groups is 1. The molecular formula is C29H34N2O4. The Morgan fingerprint density at radius 1 is 1.29 bits per heavy atom. The molecule has 4 aliphatic rings. The average Bonchev–Trinajstić information content (AvgIpc) is 3.22. The number of carbonyl (C=O) groups is 1. The first kappa shape index (κ1) is 22.6. The summed E-state index contributed by atoms with van der Waals surface area (Å²) in [6.07, 6.45) is 4.17. The largest absolute Gasteiger partial charge is 0.504 e. The molecule has 0 aromatic heterocycles. The van der Waals surface area contributed by atoms with Gasteiger partial charge in [0, 0.05) is 25.2 Å². The van der Waals surface area contributed by atoms with E-state index in [1.165, 1.54) is 0 Å². The van der Waals surface area contributed by atoms with Crippen molar-refractivity contribution in [1.29, 1.82) is 0 Å². The van der Waals surface area contributed by atoms with E-state index in [2.05, 4.69) is 11.5 Å². The number of rotatable bonds is 5. The maximum Gasteiger partial charge on any atom is 0.229 e. The van der Waals surface area contributed by atoms with Crippen molar-refractivity contribution in [3.8, 4) is 11.5 Å². The molecule has 2 heterocycles. The van der Waals surface area contributed by atoms with Gasteiger partial charge in [0.25, 0.3) is 0 Å². The Morgan fingerprint density at radius 2 is 2.06 bits per heavy atom. The van der Waals surface area contributed by atoms with Gasteiger partial charge >= 0.3 is 0 Å². The molecule has 1 saturated heterocycles. The lowest BCUT2D eigenvalue weighted by Crippen LogP contribution is -2.78. The molecule has 2 N–H and O–H groups in total. The van der Waals surface area contributed by atoms with Crippen LogP contribution in [0.3, 0.4) is 0 Å². The van der Waals surface area contributed by atoms with Crippen molar-refractivity contribution in [3.05, 3.63) is 71.8 Å². The molecule has 2 bridgehead atoms. The molecule has 6 nitrogen and oxygen atoms in total. The van der Waals surface area contributed by atoms with E-state index in [9.17, 15) is 15.0 Å². The number of amides is 1. The Morgan fingerprint density at radius 3 is 2.80 bits per heavy atom. The molecule has 6 rings (SSSR count). The Bertz CT molecular complexity index is 1180. The van der Waals surface area contributed by atoms with Crippen molar-refractivity contribution in [3.63, 3.8) is 0 Å². The van der Waals surface area contributed by atoms with Crippen LogP contribution in [0.15, 0.2) is 55.1 Å². The van der Waals surface area contributed by atoms with Gasteiger partial charge in [0.2, 0.25) is 5.91 Å². The zero-order valence-electron chi connectivity index (χ0n) is 20.5. The number of likely N-dealkylation sites (N-methyl/N-ethyl adjacent to an activating group) is 1. The van der Waals surface area contributed by atoms with Crippen LogP contribution in [-0.2, 0) is 16.6 Å². The lowest BCUT2D eigenvalue weighted by atomic mass is 9.48. The van der Waals surface area contributed by atoms with Gasteiger partial charge < -0.3 is 19.8 Å². The van der Waals surface area contributed by atoms with Gasteiger partial charge in [-0.05, 0) is 56.3 Å². The highest BCUT2D eigenvalue weighted by Gasteiger charge is 2.73. The number of carbonyl (C=O) groups excluding carboxylic acids is 1. The molecule has 2 aliphatic heterocycles. The van der Waals surface area contributed by atoms with Gasteiger partial charge in [-0.2, -0.15) is 0 Å². The third-order valence-electron chi connectivity index (χ3n) is 9.42. The Hall–Kier alpha value is -2.83. The number of aliphatic hydroxyl groups is 1. The van der Waals surface area contributed by atoms with E-state index in [1.807, 2.05) is 61.3 Å². The molecule has 184 valence electrons. The molecule has 2 fully saturated rings. The number of nitrogens with zero attached hydrogens (tertiary/aromatic N) is 2. The Balaban J connectivity index is 1.42. The maximum absolute atomic E-state index is 13.7. The van der Waals surface area contributed by atoms with Gasteiger partial charge in [0.15, 0.2) is 11.5 Å². The summed E-state index contributed by atoms with van der Waals surface area (Å²) in [5, 5.41) is 23.3. The highest BCUT2D eigenvalue weighted by Crippen LogP contribution is 2.65. The zero-order chi connectivity index (χ0) is 24.5.